The van der Waals surface area contributed by atoms with Crippen LogP contribution >= 0.6 is 26.1 Å². The fourth-order valence-electron chi connectivity index (χ4n) is 0. The van der Waals surface area contributed by atoms with Crippen LogP contribution in [0, 0.1) is 0 Å². The van der Waals surface area contributed by atoms with Crippen molar-refractivity contribution in [2.24, 2.45) is 0 Å². The Morgan fingerprint density at radius 1 is 0.727 bits per heavy atom. The summed E-state index contributed by atoms with van der Waals surface area (Å²) < 4.78 is 25.4. The molecule has 0 bridgehead atoms. The third-order valence-electron chi connectivity index (χ3n) is 0. The molecule has 7 nitrogen and oxygen atoms in total. The predicted molar refractivity (Wildman–Crippen MR) is 33.1 cm³/mol. The van der Waals surface area contributed by atoms with Gasteiger partial charge in [-0.3, -0.25) is 0 Å². The molecule has 5 N–H and O–H groups in total. The first-order valence-corrected chi connectivity index (χ1v) is 3.44. The molecule has 0 amide bonds. The van der Waals surface area contributed by atoms with Crippen molar-refractivity contribution < 1.29 is 50.9 Å². The first-order valence-electron chi connectivity index (χ1n) is 1.15. The van der Waals surface area contributed by atoms with Crippen LogP contribution in [0.15, 0.2) is 0 Å². The Hall–Kier alpha value is 0.659. The van der Waals surface area contributed by atoms with Gasteiger partial charge in [0, 0.05) is 0 Å². The van der Waals surface area contributed by atoms with Crippen molar-refractivity contribution in [2.45, 2.75) is 0 Å². The molecule has 67 valence electrons. The Bertz CT molecular complexity index is 50.4. The van der Waals surface area contributed by atoms with Gasteiger partial charge in [-0.05, 0) is 0 Å². The number of hydrogen-bond donors (Lipinski definition) is 3. The Morgan fingerprint density at radius 2 is 0.727 bits per heavy atom. The van der Waals surface area contributed by atoms with Crippen LogP contribution in [0.3, 0.4) is 0 Å². The third-order valence-corrected chi connectivity index (χ3v) is 0. The summed E-state index contributed by atoms with van der Waals surface area (Å²) in [7, 11) is -2.50. The third kappa shape index (κ3) is 1840. The Labute approximate surface area is 77.5 Å². The van der Waals surface area contributed by atoms with Crippen LogP contribution in [-0.4, -0.2) is 20.2 Å². The van der Waals surface area contributed by atoms with E-state index in [2.05, 4.69) is 0 Å². The fraction of sp³-hybridized carbons (Fsp3) is 0. The molecule has 0 unspecified atom stereocenters. The fourth-order valence-corrected chi connectivity index (χ4v) is 0. The summed E-state index contributed by atoms with van der Waals surface area (Å²) in [6.07, 6.45) is 0. The monoisotopic (exact) mass is 266 g/mol. The summed E-state index contributed by atoms with van der Waals surface area (Å²) in [6, 6.07) is 0. The van der Waals surface area contributed by atoms with E-state index in [1.807, 2.05) is 0 Å². The second-order valence-electron chi connectivity index (χ2n) is 0.245. The largest absolute Gasteiger partial charge is 3.00 e. The SMILES string of the molecule is O.O=PO.O=PO.O=PO.[Fe+3]. The van der Waals surface area contributed by atoms with Crippen molar-refractivity contribution in [3.8, 4) is 0 Å². The summed E-state index contributed by atoms with van der Waals surface area (Å²) in [5, 5.41) is 0. The topological polar surface area (TPSA) is 143 Å². The van der Waals surface area contributed by atoms with Crippen LogP contribution < -0.4 is 0 Å². The van der Waals surface area contributed by atoms with E-state index in [9.17, 15) is 0 Å². The number of rotatable bonds is 0. The van der Waals surface area contributed by atoms with Gasteiger partial charge in [-0.25, -0.2) is 13.7 Å². The van der Waals surface area contributed by atoms with Crippen LogP contribution in [0.1, 0.15) is 0 Å². The van der Waals surface area contributed by atoms with Crippen LogP contribution in [0.25, 0.3) is 0 Å². The smallest absolute Gasteiger partial charge is 0.412 e. The molecule has 0 atom stereocenters. The Morgan fingerprint density at radius 3 is 0.727 bits per heavy atom. The molecule has 0 rings (SSSR count). The maximum atomic E-state index is 8.46. The van der Waals surface area contributed by atoms with Gasteiger partial charge in [0.1, 0.15) is 0 Å². The molecular weight excluding hydrogens is 261 g/mol. The first-order chi connectivity index (χ1) is 4.24. The van der Waals surface area contributed by atoms with Gasteiger partial charge < -0.3 is 20.2 Å². The first kappa shape index (κ1) is 29.9. The minimum Gasteiger partial charge on any atom is -0.412 e. The molecule has 0 aliphatic heterocycles. The average Bonchev–Trinajstić information content (AvgIpc) is 1.70. The summed E-state index contributed by atoms with van der Waals surface area (Å²) >= 11 is 0. The van der Waals surface area contributed by atoms with Crippen molar-refractivity contribution in [3.05, 3.63) is 0 Å². The van der Waals surface area contributed by atoms with Crippen LogP contribution in [0.4, 0.5) is 0 Å². The van der Waals surface area contributed by atoms with E-state index in [1.165, 1.54) is 0 Å². The van der Waals surface area contributed by atoms with Crippen LogP contribution in [-0.2, 0) is 30.8 Å². The van der Waals surface area contributed by atoms with E-state index in [-0.39, 0.29) is 22.5 Å². The normalized spacial score (nSPS) is 5.73. The molecule has 0 aliphatic rings. The van der Waals surface area contributed by atoms with Crippen molar-refractivity contribution in [1.82, 2.24) is 0 Å². The zero-order valence-corrected chi connectivity index (χ0v) is 8.55. The van der Waals surface area contributed by atoms with Crippen molar-refractivity contribution >= 4 is 26.1 Å². The second kappa shape index (κ2) is 74.3. The summed E-state index contributed by atoms with van der Waals surface area (Å²) in [5.74, 6) is 0. The average molecular weight is 266 g/mol. The predicted octanol–water partition coefficient (Wildman–Crippen LogP) is -0.271. The maximum absolute atomic E-state index is 8.46. The minimum absolute atomic E-state index is 0. The van der Waals surface area contributed by atoms with E-state index in [0.717, 1.165) is 0 Å². The van der Waals surface area contributed by atoms with Crippen LogP contribution in [0.5, 0.6) is 0 Å². The van der Waals surface area contributed by atoms with Crippen LogP contribution in [0.2, 0.25) is 0 Å². The molecule has 0 fully saturated rings. The molecule has 0 aromatic heterocycles. The molecule has 0 aromatic rings. The quantitative estimate of drug-likeness (QED) is 0.406. The molecule has 0 heterocycles. The van der Waals surface area contributed by atoms with Gasteiger partial charge in [0.15, 0.2) is 0 Å². The van der Waals surface area contributed by atoms with Crippen molar-refractivity contribution in [3.63, 3.8) is 0 Å². The zero-order chi connectivity index (χ0) is 8.12. The maximum Gasteiger partial charge on any atom is 3.00 e. The molecule has 0 aromatic carbocycles. The van der Waals surface area contributed by atoms with Gasteiger partial charge in [-0.15, -0.1) is 0 Å². The molecule has 0 spiro atoms. The van der Waals surface area contributed by atoms with E-state index >= 15 is 0 Å². The molecular formula is H5FeO7P3+3. The van der Waals surface area contributed by atoms with Gasteiger partial charge in [0.25, 0.3) is 0 Å². The zero-order valence-electron chi connectivity index (χ0n) is 4.76. The molecule has 0 aliphatic carbocycles. The Kier molecular flexibility index (Phi) is 202. The number of hydrogen-bond acceptors (Lipinski definition) is 3. The molecule has 0 saturated carbocycles. The van der Waals surface area contributed by atoms with Gasteiger partial charge >= 0.3 is 43.1 Å². The van der Waals surface area contributed by atoms with Gasteiger partial charge in [-0.2, -0.15) is 0 Å². The van der Waals surface area contributed by atoms with E-state index < -0.39 is 26.1 Å². The van der Waals surface area contributed by atoms with Crippen molar-refractivity contribution in [1.29, 1.82) is 0 Å². The van der Waals surface area contributed by atoms with Crippen molar-refractivity contribution in [2.75, 3.05) is 0 Å². The Balaban J connectivity index is -0.0000000150. The summed E-state index contributed by atoms with van der Waals surface area (Å²) in [6.45, 7) is 0. The van der Waals surface area contributed by atoms with Gasteiger partial charge in [0.2, 0.25) is 0 Å². The molecule has 11 heteroatoms. The summed E-state index contributed by atoms with van der Waals surface area (Å²) in [4.78, 5) is 21.0. The van der Waals surface area contributed by atoms with E-state index in [1.54, 1.807) is 0 Å². The minimum atomic E-state index is -0.833. The molecule has 1 radical (unpaired) electrons. The standard InChI is InChI=1S/Fe.3HO2P.H2O/c;3*1-3-2;/h;3*(H,1,2);1H2/q+3;;;;. The second-order valence-corrected chi connectivity index (χ2v) is 0.735. The molecule has 11 heavy (non-hydrogen) atoms. The van der Waals surface area contributed by atoms with Gasteiger partial charge in [-0.1, -0.05) is 0 Å². The van der Waals surface area contributed by atoms with Gasteiger partial charge in [0.05, 0.1) is 0 Å². The van der Waals surface area contributed by atoms with E-state index in [0.29, 0.717) is 0 Å². The summed E-state index contributed by atoms with van der Waals surface area (Å²) in [5.41, 5.74) is 0. The van der Waals surface area contributed by atoms with E-state index in [4.69, 9.17) is 28.4 Å². The molecule has 0 saturated heterocycles.